The van der Waals surface area contributed by atoms with Gasteiger partial charge >= 0.3 is 6.18 Å². The number of nitrogens with one attached hydrogen (secondary N) is 1. The molecule has 1 aliphatic carbocycles. The highest BCUT2D eigenvalue weighted by atomic mass is 19.4. The van der Waals surface area contributed by atoms with E-state index < -0.39 is 17.6 Å². The number of nitrogens with zero attached hydrogens (tertiary/aromatic N) is 2. The van der Waals surface area contributed by atoms with Crippen molar-refractivity contribution in [2.24, 2.45) is 0 Å². The Morgan fingerprint density at radius 3 is 2.45 bits per heavy atom. The number of carbonyl (C=O) groups excluding carboxylic acids is 1. The molecule has 1 amide bonds. The van der Waals surface area contributed by atoms with E-state index >= 15 is 0 Å². The Bertz CT molecular complexity index is 1370. The summed E-state index contributed by atoms with van der Waals surface area (Å²) in [6.07, 6.45) is -0.929. The average Bonchev–Trinajstić information content (AvgIpc) is 3.50. The number of rotatable bonds is 4. The van der Waals surface area contributed by atoms with Gasteiger partial charge in [-0.3, -0.25) is 4.79 Å². The smallest absolute Gasteiger partial charge is 0.349 e. The molecular weight excluding hydrogens is 434 g/mol. The predicted molar refractivity (Wildman–Crippen MR) is 117 cm³/mol. The van der Waals surface area contributed by atoms with Crippen LogP contribution < -0.4 is 5.32 Å². The summed E-state index contributed by atoms with van der Waals surface area (Å²) in [5.41, 5.74) is 2.46. The molecular formula is C25H19F4N3O. The van der Waals surface area contributed by atoms with Gasteiger partial charge in [0.2, 0.25) is 0 Å². The molecule has 0 unspecified atom stereocenters. The number of amides is 1. The van der Waals surface area contributed by atoms with E-state index in [0.717, 1.165) is 30.4 Å². The Morgan fingerprint density at radius 2 is 1.79 bits per heavy atom. The number of carbonyl (C=O) groups is 1. The van der Waals surface area contributed by atoms with Gasteiger partial charge in [-0.1, -0.05) is 6.07 Å². The number of alkyl halides is 3. The van der Waals surface area contributed by atoms with Crippen LogP contribution in [0.4, 0.5) is 17.6 Å². The first-order valence-corrected chi connectivity index (χ1v) is 10.5. The van der Waals surface area contributed by atoms with Crippen molar-refractivity contribution in [3.8, 4) is 16.8 Å². The number of benzene rings is 3. The maximum Gasteiger partial charge on any atom is 0.416 e. The van der Waals surface area contributed by atoms with Crippen molar-refractivity contribution in [2.45, 2.75) is 32.0 Å². The lowest BCUT2D eigenvalue weighted by Gasteiger charge is -2.12. The summed E-state index contributed by atoms with van der Waals surface area (Å²) in [5.74, 6) is -0.761. The highest BCUT2D eigenvalue weighted by Gasteiger charge is 2.30. The topological polar surface area (TPSA) is 46.9 Å². The van der Waals surface area contributed by atoms with Gasteiger partial charge in [-0.05, 0) is 85.0 Å². The van der Waals surface area contributed by atoms with Crippen molar-refractivity contribution in [3.05, 3.63) is 83.3 Å². The van der Waals surface area contributed by atoms with Crippen molar-refractivity contribution in [3.63, 3.8) is 0 Å². The molecule has 1 saturated carbocycles. The maximum atomic E-state index is 14.6. The van der Waals surface area contributed by atoms with Gasteiger partial charge in [-0.2, -0.15) is 18.3 Å². The molecule has 0 spiro atoms. The summed E-state index contributed by atoms with van der Waals surface area (Å²) in [6.45, 7) is 1.66. The molecule has 0 saturated heterocycles. The van der Waals surface area contributed by atoms with Crippen molar-refractivity contribution in [2.75, 3.05) is 0 Å². The van der Waals surface area contributed by atoms with Crippen molar-refractivity contribution in [1.29, 1.82) is 0 Å². The zero-order chi connectivity index (χ0) is 23.3. The standard InChI is InChI=1S/C25H19F4N3O/c1-14-21(11-16(12-22(14)26)24(33)31-19-5-6-19)15-2-9-23-17(10-15)13-30-32(23)20-7-3-18(4-8-20)25(27,28)29/h2-4,7-13,19H,5-6H2,1H3,(H,31,33). The molecule has 1 heterocycles. The van der Waals surface area contributed by atoms with Crippen molar-refractivity contribution in [1.82, 2.24) is 15.1 Å². The zero-order valence-electron chi connectivity index (χ0n) is 17.6. The summed E-state index contributed by atoms with van der Waals surface area (Å²) in [4.78, 5) is 12.4. The number of hydrogen-bond acceptors (Lipinski definition) is 2. The predicted octanol–water partition coefficient (Wildman–Crippen LogP) is 6.05. The number of halogens is 4. The van der Waals surface area contributed by atoms with E-state index in [9.17, 15) is 22.4 Å². The molecule has 0 aliphatic heterocycles. The van der Waals surface area contributed by atoms with E-state index in [1.807, 2.05) is 6.07 Å². The molecule has 0 radical (unpaired) electrons. The van der Waals surface area contributed by atoms with Gasteiger partial charge in [-0.15, -0.1) is 0 Å². The van der Waals surface area contributed by atoms with Crippen LogP contribution in [0.15, 0.2) is 60.8 Å². The third kappa shape index (κ3) is 4.08. The summed E-state index contributed by atoms with van der Waals surface area (Å²) in [5, 5.41) is 7.92. The van der Waals surface area contributed by atoms with Gasteiger partial charge in [0.15, 0.2) is 0 Å². The fourth-order valence-electron chi connectivity index (χ4n) is 3.80. The van der Waals surface area contributed by atoms with E-state index in [2.05, 4.69) is 10.4 Å². The van der Waals surface area contributed by atoms with E-state index in [-0.39, 0.29) is 17.5 Å². The summed E-state index contributed by atoms with van der Waals surface area (Å²) >= 11 is 0. The highest BCUT2D eigenvalue weighted by Crippen LogP contribution is 2.32. The average molecular weight is 453 g/mol. The van der Waals surface area contributed by atoms with Crippen LogP contribution in [0.25, 0.3) is 27.7 Å². The third-order valence-corrected chi connectivity index (χ3v) is 5.84. The lowest BCUT2D eigenvalue weighted by atomic mass is 9.96. The van der Waals surface area contributed by atoms with Crippen LogP contribution in [0, 0.1) is 12.7 Å². The summed E-state index contributed by atoms with van der Waals surface area (Å²) in [7, 11) is 0. The Hall–Kier alpha value is -3.68. The van der Waals surface area contributed by atoms with Gasteiger partial charge < -0.3 is 5.32 Å². The molecule has 1 aromatic heterocycles. The fraction of sp³-hybridized carbons (Fsp3) is 0.200. The SMILES string of the molecule is Cc1c(F)cc(C(=O)NC2CC2)cc1-c1ccc2c(cnn2-c2ccc(C(F)(F)F)cc2)c1. The Morgan fingerprint density at radius 1 is 1.06 bits per heavy atom. The van der Waals surface area contributed by atoms with Crippen LogP contribution in [0.1, 0.15) is 34.3 Å². The van der Waals surface area contributed by atoms with Gasteiger partial charge in [0.25, 0.3) is 5.91 Å². The minimum Gasteiger partial charge on any atom is -0.349 e. The molecule has 1 aliphatic rings. The Balaban J connectivity index is 1.51. The van der Waals surface area contributed by atoms with E-state index in [0.29, 0.717) is 27.9 Å². The molecule has 0 atom stereocenters. The van der Waals surface area contributed by atoms with Crippen LogP contribution in [0.3, 0.4) is 0 Å². The molecule has 33 heavy (non-hydrogen) atoms. The molecule has 4 nitrogen and oxygen atoms in total. The van der Waals surface area contributed by atoms with Crippen LogP contribution >= 0.6 is 0 Å². The molecule has 3 aromatic carbocycles. The first-order valence-electron chi connectivity index (χ1n) is 10.5. The van der Waals surface area contributed by atoms with E-state index in [4.69, 9.17) is 0 Å². The molecule has 1 N–H and O–H groups in total. The minimum atomic E-state index is -4.41. The lowest BCUT2D eigenvalue weighted by molar-refractivity contribution is -0.137. The van der Waals surface area contributed by atoms with Crippen molar-refractivity contribution < 1.29 is 22.4 Å². The van der Waals surface area contributed by atoms with Gasteiger partial charge in [-0.25, -0.2) is 9.07 Å². The van der Waals surface area contributed by atoms with Crippen LogP contribution in [0.5, 0.6) is 0 Å². The second-order valence-corrected chi connectivity index (χ2v) is 8.25. The van der Waals surface area contributed by atoms with Crippen LogP contribution in [0.2, 0.25) is 0 Å². The second-order valence-electron chi connectivity index (χ2n) is 8.25. The molecule has 4 aromatic rings. The van der Waals surface area contributed by atoms with Gasteiger partial charge in [0.05, 0.1) is 23.0 Å². The highest BCUT2D eigenvalue weighted by molar-refractivity contribution is 5.96. The third-order valence-electron chi connectivity index (χ3n) is 5.84. The minimum absolute atomic E-state index is 0.165. The summed E-state index contributed by atoms with van der Waals surface area (Å²) < 4.78 is 54.7. The van der Waals surface area contributed by atoms with Crippen LogP contribution in [-0.2, 0) is 6.18 Å². The first kappa shape index (κ1) is 21.2. The molecule has 0 bridgehead atoms. The normalized spacial score (nSPS) is 14.0. The molecule has 1 fully saturated rings. The lowest BCUT2D eigenvalue weighted by Crippen LogP contribution is -2.25. The monoisotopic (exact) mass is 453 g/mol. The Kier molecular flexibility index (Phi) is 4.96. The quantitative estimate of drug-likeness (QED) is 0.383. The molecule has 168 valence electrons. The molecule has 5 rings (SSSR count). The summed E-state index contributed by atoms with van der Waals surface area (Å²) in [6, 6.07) is 13.2. The van der Waals surface area contributed by atoms with E-state index in [1.54, 1.807) is 36.0 Å². The second kappa shape index (κ2) is 7.72. The van der Waals surface area contributed by atoms with E-state index in [1.165, 1.54) is 18.2 Å². The van der Waals surface area contributed by atoms with Gasteiger partial charge in [0, 0.05) is 17.0 Å². The van der Waals surface area contributed by atoms with Crippen LogP contribution in [-0.4, -0.2) is 21.7 Å². The fourth-order valence-corrected chi connectivity index (χ4v) is 3.80. The first-order chi connectivity index (χ1) is 15.7. The number of hydrogen-bond donors (Lipinski definition) is 1. The maximum absolute atomic E-state index is 14.6. The van der Waals surface area contributed by atoms with Crippen molar-refractivity contribution >= 4 is 16.8 Å². The number of aromatic nitrogens is 2. The largest absolute Gasteiger partial charge is 0.416 e. The Labute approximate surface area is 186 Å². The zero-order valence-corrected chi connectivity index (χ0v) is 17.6. The van der Waals surface area contributed by atoms with Gasteiger partial charge in [0.1, 0.15) is 5.82 Å². The number of fused-ring (bicyclic) bond motifs is 1. The molecule has 8 heteroatoms.